The quantitative estimate of drug-likeness (QED) is 0.310. The highest BCUT2D eigenvalue weighted by atomic mass is 32.2. The molecule has 0 N–H and O–H groups in total. The number of nitrogens with zero attached hydrogens (tertiary/aromatic N) is 5. The molecule has 1 aliphatic rings. The lowest BCUT2D eigenvalue weighted by Gasteiger charge is -2.31. The molecule has 33 heavy (non-hydrogen) atoms. The average Bonchev–Trinajstić information content (AvgIpc) is 3.51. The van der Waals surface area contributed by atoms with Crippen LogP contribution in [-0.2, 0) is 5.75 Å². The third-order valence-corrected chi connectivity index (χ3v) is 7.15. The fourth-order valence-corrected chi connectivity index (χ4v) is 5.26. The second-order valence-corrected chi connectivity index (χ2v) is 9.33. The van der Waals surface area contributed by atoms with Gasteiger partial charge in [0.25, 0.3) is 0 Å². The summed E-state index contributed by atoms with van der Waals surface area (Å²) >= 11 is 1.60. The maximum absolute atomic E-state index is 5.90. The van der Waals surface area contributed by atoms with Crippen molar-refractivity contribution in [3.63, 3.8) is 0 Å². The second-order valence-electron chi connectivity index (χ2n) is 8.39. The van der Waals surface area contributed by atoms with Crippen LogP contribution in [0.15, 0.2) is 64.2 Å². The van der Waals surface area contributed by atoms with Gasteiger partial charge in [-0.25, -0.2) is 0 Å². The molecule has 2 atom stereocenters. The number of rotatable bonds is 7. The van der Waals surface area contributed by atoms with E-state index in [9.17, 15) is 0 Å². The van der Waals surface area contributed by atoms with Crippen molar-refractivity contribution in [2.24, 2.45) is 5.92 Å². The molecule has 0 radical (unpaired) electrons. The summed E-state index contributed by atoms with van der Waals surface area (Å²) in [5, 5.41) is 18.5. The van der Waals surface area contributed by atoms with E-state index in [1.54, 1.807) is 18.9 Å². The number of hydrogen-bond acceptors (Lipinski definition) is 7. The van der Waals surface area contributed by atoms with E-state index in [1.807, 2.05) is 54.6 Å². The number of benzene rings is 2. The van der Waals surface area contributed by atoms with Gasteiger partial charge < -0.3 is 9.15 Å². The number of hydrogen-bond donors (Lipinski definition) is 0. The van der Waals surface area contributed by atoms with Crippen LogP contribution in [0.3, 0.4) is 0 Å². The molecule has 2 aromatic carbocycles. The number of ether oxygens (including phenoxy) is 1. The zero-order chi connectivity index (χ0) is 22.6. The van der Waals surface area contributed by atoms with Crippen molar-refractivity contribution in [2.45, 2.75) is 49.6 Å². The molecule has 1 saturated carbocycles. The van der Waals surface area contributed by atoms with E-state index in [0.29, 0.717) is 29.5 Å². The van der Waals surface area contributed by atoms with Crippen LogP contribution in [0.1, 0.15) is 44.5 Å². The molecule has 0 aliphatic heterocycles. The summed E-state index contributed by atoms with van der Waals surface area (Å²) in [6.45, 7) is 2.33. The minimum atomic E-state index is 0.371. The summed E-state index contributed by atoms with van der Waals surface area (Å²) in [6, 6.07) is 18.2. The van der Waals surface area contributed by atoms with E-state index in [1.165, 1.54) is 19.3 Å². The summed E-state index contributed by atoms with van der Waals surface area (Å²) in [6.07, 6.45) is 4.86. The van der Waals surface area contributed by atoms with E-state index >= 15 is 0 Å². The number of thioether (sulfide) groups is 1. The third kappa shape index (κ3) is 4.66. The van der Waals surface area contributed by atoms with Gasteiger partial charge in [0.15, 0.2) is 11.0 Å². The van der Waals surface area contributed by atoms with Gasteiger partial charge in [0.1, 0.15) is 5.75 Å². The van der Waals surface area contributed by atoms with Crippen molar-refractivity contribution in [3.8, 4) is 28.6 Å². The molecule has 8 heteroatoms. The molecule has 4 aromatic rings. The van der Waals surface area contributed by atoms with Crippen molar-refractivity contribution in [1.82, 2.24) is 25.0 Å². The van der Waals surface area contributed by atoms with Crippen LogP contribution >= 0.6 is 11.8 Å². The third-order valence-electron chi connectivity index (χ3n) is 6.22. The summed E-state index contributed by atoms with van der Waals surface area (Å²) in [5.74, 6) is 3.95. The predicted octanol–water partition coefficient (Wildman–Crippen LogP) is 6.05. The van der Waals surface area contributed by atoms with Crippen molar-refractivity contribution in [3.05, 3.63) is 60.5 Å². The highest BCUT2D eigenvalue weighted by Crippen LogP contribution is 2.39. The van der Waals surface area contributed by atoms with E-state index in [0.717, 1.165) is 34.3 Å². The molecule has 2 aromatic heterocycles. The lowest BCUT2D eigenvalue weighted by Crippen LogP contribution is -2.22. The summed E-state index contributed by atoms with van der Waals surface area (Å²) in [7, 11) is 1.68. The Morgan fingerprint density at radius 3 is 2.48 bits per heavy atom. The van der Waals surface area contributed by atoms with Gasteiger partial charge in [0.05, 0.1) is 12.9 Å². The van der Waals surface area contributed by atoms with Crippen molar-refractivity contribution >= 4 is 11.8 Å². The molecular weight excluding hydrogens is 434 g/mol. The van der Waals surface area contributed by atoms with Crippen LogP contribution in [0.2, 0.25) is 0 Å². The maximum Gasteiger partial charge on any atom is 0.247 e. The molecule has 0 bridgehead atoms. The first-order valence-electron chi connectivity index (χ1n) is 11.3. The Morgan fingerprint density at radius 1 is 0.939 bits per heavy atom. The highest BCUT2D eigenvalue weighted by molar-refractivity contribution is 7.98. The summed E-state index contributed by atoms with van der Waals surface area (Å²) in [5.41, 5.74) is 1.96. The largest absolute Gasteiger partial charge is 0.497 e. The van der Waals surface area contributed by atoms with Crippen LogP contribution in [0.25, 0.3) is 22.8 Å². The topological polar surface area (TPSA) is 78.9 Å². The Kier molecular flexibility index (Phi) is 6.44. The van der Waals surface area contributed by atoms with Gasteiger partial charge in [-0.15, -0.1) is 20.4 Å². The monoisotopic (exact) mass is 461 g/mol. The molecule has 0 unspecified atom stereocenters. The molecule has 1 fully saturated rings. The van der Waals surface area contributed by atoms with E-state index in [4.69, 9.17) is 9.15 Å². The minimum absolute atomic E-state index is 0.371. The fraction of sp³-hybridized carbons (Fsp3) is 0.360. The molecule has 0 saturated heterocycles. The van der Waals surface area contributed by atoms with Gasteiger partial charge in [-0.05, 0) is 55.2 Å². The Hall–Kier alpha value is -3.13. The average molecular weight is 462 g/mol. The van der Waals surface area contributed by atoms with Gasteiger partial charge in [-0.1, -0.05) is 49.7 Å². The van der Waals surface area contributed by atoms with Gasteiger partial charge in [0, 0.05) is 17.2 Å². The van der Waals surface area contributed by atoms with Crippen LogP contribution in [-0.4, -0.2) is 32.1 Å². The molecule has 7 nitrogen and oxygen atoms in total. The Labute approximate surface area is 197 Å². The molecular formula is C25H27N5O2S. The molecule has 170 valence electrons. The van der Waals surface area contributed by atoms with Crippen LogP contribution in [0, 0.1) is 5.92 Å². The van der Waals surface area contributed by atoms with Gasteiger partial charge >= 0.3 is 0 Å². The van der Waals surface area contributed by atoms with Gasteiger partial charge in [-0.3, -0.25) is 4.57 Å². The van der Waals surface area contributed by atoms with Gasteiger partial charge in [-0.2, -0.15) is 0 Å². The van der Waals surface area contributed by atoms with Crippen molar-refractivity contribution in [2.75, 3.05) is 7.11 Å². The zero-order valence-corrected chi connectivity index (χ0v) is 19.7. The molecule has 0 spiro atoms. The lowest BCUT2D eigenvalue weighted by molar-refractivity contribution is 0.247. The predicted molar refractivity (Wildman–Crippen MR) is 128 cm³/mol. The lowest BCUT2D eigenvalue weighted by atomic mass is 9.85. The van der Waals surface area contributed by atoms with E-state index < -0.39 is 0 Å². The Balaban J connectivity index is 1.42. The molecule has 5 rings (SSSR count). The zero-order valence-electron chi connectivity index (χ0n) is 18.8. The van der Waals surface area contributed by atoms with Crippen LogP contribution in [0.4, 0.5) is 0 Å². The smallest absolute Gasteiger partial charge is 0.247 e. The molecule has 0 amide bonds. The van der Waals surface area contributed by atoms with Crippen LogP contribution < -0.4 is 4.74 Å². The number of methoxy groups -OCH3 is 1. The first kappa shape index (κ1) is 21.7. The standard InChI is InChI=1S/C25H27N5O2S/c1-17-8-6-7-11-21(17)30-23(18-12-14-20(31-2)15-13-18)27-29-25(30)33-16-22-26-28-24(32-22)19-9-4-3-5-10-19/h3-5,9-10,12-15,17,21H,6-8,11,16H2,1-2H3/t17-,21-/m1/s1. The SMILES string of the molecule is COc1ccc(-c2nnc(SCc3nnc(-c4ccccc4)o3)n2[C@@H]2CCCC[C@H]2C)cc1. The first-order valence-corrected chi connectivity index (χ1v) is 12.3. The summed E-state index contributed by atoms with van der Waals surface area (Å²) < 4.78 is 13.5. The van der Waals surface area contributed by atoms with Gasteiger partial charge in [0.2, 0.25) is 11.8 Å². The second kappa shape index (κ2) is 9.79. The minimum Gasteiger partial charge on any atom is -0.497 e. The molecule has 2 heterocycles. The normalized spacial score (nSPS) is 18.4. The Bertz CT molecular complexity index is 1190. The maximum atomic E-state index is 5.90. The van der Waals surface area contributed by atoms with E-state index in [2.05, 4.69) is 31.9 Å². The fourth-order valence-electron chi connectivity index (χ4n) is 4.43. The first-order chi connectivity index (χ1) is 16.2. The van der Waals surface area contributed by atoms with Crippen LogP contribution in [0.5, 0.6) is 5.75 Å². The highest BCUT2D eigenvalue weighted by Gasteiger charge is 2.29. The molecule has 1 aliphatic carbocycles. The number of aromatic nitrogens is 5. The van der Waals surface area contributed by atoms with E-state index in [-0.39, 0.29) is 0 Å². The summed E-state index contributed by atoms with van der Waals surface area (Å²) in [4.78, 5) is 0. The van der Waals surface area contributed by atoms with Crippen molar-refractivity contribution in [1.29, 1.82) is 0 Å². The van der Waals surface area contributed by atoms with Crippen molar-refractivity contribution < 1.29 is 9.15 Å². The Morgan fingerprint density at radius 2 is 1.73 bits per heavy atom.